The molecule has 11 heteroatoms. The Morgan fingerprint density at radius 2 is 1.98 bits per heavy atom. The second kappa shape index (κ2) is 11.7. The second-order valence-electron chi connectivity index (χ2n) is 10.4. The van der Waals surface area contributed by atoms with Gasteiger partial charge in [-0.1, -0.05) is 23.7 Å². The minimum Gasteiger partial charge on any atom is -0.478 e. The molecule has 0 radical (unpaired) electrons. The van der Waals surface area contributed by atoms with Crippen molar-refractivity contribution < 1.29 is 24.1 Å². The quantitative estimate of drug-likeness (QED) is 0.273. The van der Waals surface area contributed by atoms with Crippen molar-refractivity contribution in [2.45, 2.75) is 44.6 Å². The third-order valence-electron chi connectivity index (χ3n) is 7.79. The van der Waals surface area contributed by atoms with Crippen LogP contribution in [-0.4, -0.2) is 57.3 Å². The Balaban J connectivity index is 0.00000337. The number of carbonyl (C=O) groups is 1. The number of likely N-dealkylation sites (tertiary alicyclic amines) is 1. The third kappa shape index (κ3) is 5.60. The summed E-state index contributed by atoms with van der Waals surface area (Å²) in [5, 5.41) is 10.0. The summed E-state index contributed by atoms with van der Waals surface area (Å²) in [5.41, 5.74) is 3.69. The molecular weight excluding hydrogens is 546 g/mol. The van der Waals surface area contributed by atoms with Crippen LogP contribution in [0, 0.1) is 0 Å². The lowest BCUT2D eigenvalue weighted by molar-refractivity contribution is -0.0722. The van der Waals surface area contributed by atoms with E-state index in [1.807, 2.05) is 25.1 Å². The van der Waals surface area contributed by atoms with Crippen LogP contribution in [-0.2, 0) is 23.6 Å². The Hall–Kier alpha value is -3.70. The van der Waals surface area contributed by atoms with E-state index in [9.17, 15) is 9.90 Å². The number of imidazole rings is 1. The van der Waals surface area contributed by atoms with E-state index in [2.05, 4.69) is 20.5 Å². The molecule has 0 saturated carbocycles. The molecule has 4 N–H and O–H groups in total. The van der Waals surface area contributed by atoms with Gasteiger partial charge in [-0.3, -0.25) is 9.88 Å². The van der Waals surface area contributed by atoms with Gasteiger partial charge in [-0.25, -0.2) is 9.78 Å². The van der Waals surface area contributed by atoms with Gasteiger partial charge in [0.2, 0.25) is 0 Å². The van der Waals surface area contributed by atoms with Gasteiger partial charge in [-0.15, -0.1) is 0 Å². The number of halogens is 1. The number of hydrogen-bond donors (Lipinski definition) is 2. The van der Waals surface area contributed by atoms with Crippen molar-refractivity contribution >= 4 is 28.6 Å². The lowest BCUT2D eigenvalue weighted by atomic mass is 9.88. The number of para-hydroxylation sites is 1. The summed E-state index contributed by atoms with van der Waals surface area (Å²) in [4.78, 5) is 23.2. The molecule has 0 spiro atoms. The van der Waals surface area contributed by atoms with E-state index in [-0.39, 0.29) is 11.7 Å². The minimum atomic E-state index is -1.01. The van der Waals surface area contributed by atoms with Gasteiger partial charge in [0, 0.05) is 32.3 Å². The molecule has 4 heterocycles. The number of carboxylic acids is 1. The van der Waals surface area contributed by atoms with Crippen molar-refractivity contribution in [2.24, 2.45) is 0 Å². The molecule has 0 bridgehead atoms. The van der Waals surface area contributed by atoms with Crippen LogP contribution in [0.4, 0.5) is 0 Å². The largest absolute Gasteiger partial charge is 0.478 e. The average molecular weight is 580 g/mol. The fourth-order valence-corrected chi connectivity index (χ4v) is 5.79. The zero-order chi connectivity index (χ0) is 27.9. The summed E-state index contributed by atoms with van der Waals surface area (Å²) in [5.74, 6) is 0.808. The maximum atomic E-state index is 11.5. The van der Waals surface area contributed by atoms with E-state index in [0.717, 1.165) is 59.9 Å². The van der Waals surface area contributed by atoms with Gasteiger partial charge < -0.3 is 30.0 Å². The number of carboxylic acid groups (broad SMARTS) is 1. The zero-order valence-electron chi connectivity index (χ0n) is 23.2. The molecule has 2 aliphatic heterocycles. The summed E-state index contributed by atoms with van der Waals surface area (Å²) in [6.45, 7) is 5.49. The van der Waals surface area contributed by atoms with Gasteiger partial charge in [0.15, 0.2) is 11.5 Å². The number of nitrogens with zero attached hydrogens (tertiary/aromatic N) is 4. The summed E-state index contributed by atoms with van der Waals surface area (Å²) in [7, 11) is 1.66. The summed E-state index contributed by atoms with van der Waals surface area (Å²) < 4.78 is 20.1. The lowest BCUT2D eigenvalue weighted by Gasteiger charge is -2.32. The number of aromatic carboxylic acids is 1. The highest BCUT2D eigenvalue weighted by Crippen LogP contribution is 2.49. The molecule has 10 nitrogen and oxygen atoms in total. The van der Waals surface area contributed by atoms with Gasteiger partial charge in [0.25, 0.3) is 5.79 Å². The highest BCUT2D eigenvalue weighted by molar-refractivity contribution is 6.30. The number of piperidine rings is 1. The zero-order valence-corrected chi connectivity index (χ0v) is 23.9. The van der Waals surface area contributed by atoms with Crippen molar-refractivity contribution in [3.63, 3.8) is 0 Å². The molecule has 2 aliphatic rings. The van der Waals surface area contributed by atoms with Crippen molar-refractivity contribution in [1.29, 1.82) is 0 Å². The second-order valence-corrected chi connectivity index (χ2v) is 10.9. The molecule has 1 atom stereocenters. The van der Waals surface area contributed by atoms with Crippen LogP contribution >= 0.6 is 11.6 Å². The molecule has 6 rings (SSSR count). The lowest BCUT2D eigenvalue weighted by Crippen LogP contribution is -2.34. The predicted octanol–water partition coefficient (Wildman–Crippen LogP) is 5.62. The fourth-order valence-electron chi connectivity index (χ4n) is 5.68. The molecule has 4 aromatic rings. The van der Waals surface area contributed by atoms with Gasteiger partial charge in [0.05, 0.1) is 34.8 Å². The van der Waals surface area contributed by atoms with Gasteiger partial charge in [0.1, 0.15) is 11.5 Å². The standard InChI is InChI=1S/C30H31ClN4O5.H3N/c1-30(26-9-7-21(31)17-32-26)39-25-5-3-4-22(28(25)40-30)19-10-12-34(13-11-19)18-27-33-23-8-6-20(29(36)37)16-24(23)35(27)14-15-38-2;/h3-9,16-17,19H,10-15,18H2,1-2H3,(H,36,37);1H3. The maximum absolute atomic E-state index is 11.5. The maximum Gasteiger partial charge on any atom is 0.335 e. The van der Waals surface area contributed by atoms with E-state index in [1.54, 1.807) is 37.6 Å². The van der Waals surface area contributed by atoms with Gasteiger partial charge in [-0.05, 0) is 68.2 Å². The van der Waals surface area contributed by atoms with Crippen LogP contribution in [0.2, 0.25) is 5.02 Å². The van der Waals surface area contributed by atoms with Crippen LogP contribution in [0.5, 0.6) is 11.5 Å². The number of hydrogen-bond acceptors (Lipinski definition) is 8. The normalized spacial score (nSPS) is 18.9. The van der Waals surface area contributed by atoms with Crippen molar-refractivity contribution in [3.8, 4) is 11.5 Å². The average Bonchev–Trinajstić information content (AvgIpc) is 3.49. The summed E-state index contributed by atoms with van der Waals surface area (Å²) in [6.07, 6.45) is 3.54. The highest BCUT2D eigenvalue weighted by Gasteiger charge is 2.42. The number of fused-ring (bicyclic) bond motifs is 2. The first-order valence-electron chi connectivity index (χ1n) is 13.4. The molecule has 0 aliphatic carbocycles. The van der Waals surface area contributed by atoms with Crippen molar-refractivity contribution in [2.75, 3.05) is 26.8 Å². The molecule has 1 saturated heterocycles. The molecule has 1 unspecified atom stereocenters. The van der Waals surface area contributed by atoms with Crippen LogP contribution in [0.15, 0.2) is 54.7 Å². The number of pyridine rings is 1. The highest BCUT2D eigenvalue weighted by atomic mass is 35.5. The van der Waals surface area contributed by atoms with Crippen molar-refractivity contribution in [1.82, 2.24) is 25.6 Å². The Kier molecular flexibility index (Phi) is 8.19. The predicted molar refractivity (Wildman–Crippen MR) is 155 cm³/mol. The molecule has 1 fully saturated rings. The van der Waals surface area contributed by atoms with Crippen LogP contribution in [0.1, 0.15) is 53.1 Å². The van der Waals surface area contributed by atoms with E-state index in [0.29, 0.717) is 36.3 Å². The molecular formula is C30H34ClN5O5. The Bertz CT molecular complexity index is 1550. The Morgan fingerprint density at radius 3 is 2.68 bits per heavy atom. The molecule has 0 amide bonds. The first-order valence-corrected chi connectivity index (χ1v) is 13.8. The van der Waals surface area contributed by atoms with E-state index in [1.165, 1.54) is 0 Å². The van der Waals surface area contributed by atoms with E-state index >= 15 is 0 Å². The van der Waals surface area contributed by atoms with Gasteiger partial charge in [-0.2, -0.15) is 0 Å². The van der Waals surface area contributed by atoms with E-state index in [4.69, 9.17) is 30.8 Å². The molecule has 41 heavy (non-hydrogen) atoms. The summed E-state index contributed by atoms with van der Waals surface area (Å²) >= 11 is 6.03. The Labute approximate surface area is 243 Å². The number of aromatic nitrogens is 3. The number of ether oxygens (including phenoxy) is 3. The monoisotopic (exact) mass is 579 g/mol. The molecule has 2 aromatic carbocycles. The van der Waals surface area contributed by atoms with Crippen LogP contribution in [0.25, 0.3) is 11.0 Å². The number of benzene rings is 2. The Morgan fingerprint density at radius 1 is 1.17 bits per heavy atom. The first-order chi connectivity index (χ1) is 19.3. The van der Waals surface area contributed by atoms with Crippen molar-refractivity contribution in [3.05, 3.63) is 82.4 Å². The van der Waals surface area contributed by atoms with E-state index < -0.39 is 11.8 Å². The van der Waals surface area contributed by atoms with Gasteiger partial charge >= 0.3 is 5.97 Å². The minimum absolute atomic E-state index is 0. The molecule has 216 valence electrons. The van der Waals surface area contributed by atoms with Crippen LogP contribution in [0.3, 0.4) is 0 Å². The topological polar surface area (TPSA) is 134 Å². The number of rotatable bonds is 8. The third-order valence-corrected chi connectivity index (χ3v) is 8.01. The smallest absolute Gasteiger partial charge is 0.335 e. The first kappa shape index (κ1) is 28.8. The SMILES string of the molecule is COCCn1c(CN2CCC(c3cccc4c3OC(C)(c3ccc(Cl)cn3)O4)CC2)nc2ccc(C(=O)O)cc21.N. The number of methoxy groups -OCH3 is 1. The van der Waals surface area contributed by atoms with Crippen LogP contribution < -0.4 is 15.6 Å². The molecule has 2 aromatic heterocycles. The fraction of sp³-hybridized carbons (Fsp3) is 0.367. The summed E-state index contributed by atoms with van der Waals surface area (Å²) in [6, 6.07) is 14.8.